The first kappa shape index (κ1) is 12.3. The summed E-state index contributed by atoms with van der Waals surface area (Å²) in [7, 11) is 3.35. The Hall–Kier alpha value is -1.14. The molecule has 3 unspecified atom stereocenters. The molecule has 94 valence electrons. The molecule has 1 fully saturated rings. The van der Waals surface area contributed by atoms with Gasteiger partial charge in [0.15, 0.2) is 0 Å². The summed E-state index contributed by atoms with van der Waals surface area (Å²) in [5.41, 5.74) is 13.4. The molecule has 0 aromatic heterocycles. The Morgan fingerprint density at radius 1 is 1.18 bits per heavy atom. The molecule has 0 amide bonds. The molecule has 0 spiro atoms. The molecule has 0 saturated carbocycles. The largest absolute Gasteiger partial charge is 0.497 e. The quantitative estimate of drug-likeness (QED) is 0.697. The van der Waals surface area contributed by atoms with Crippen LogP contribution in [-0.4, -0.2) is 33.0 Å². The normalized spacial score (nSPS) is 28.3. The molecule has 2 rings (SSSR count). The summed E-state index contributed by atoms with van der Waals surface area (Å²) in [6.07, 6.45) is -0.108. The van der Waals surface area contributed by atoms with E-state index in [1.54, 1.807) is 14.2 Å². The van der Waals surface area contributed by atoms with Gasteiger partial charge in [0.2, 0.25) is 0 Å². The third-order valence-corrected chi connectivity index (χ3v) is 3.10. The third-order valence-electron chi connectivity index (χ3n) is 3.10. The fraction of sp³-hybridized carbons (Fsp3) is 0.500. The molecule has 1 heterocycles. The van der Waals surface area contributed by atoms with Crippen LogP contribution in [0.5, 0.6) is 5.75 Å². The Morgan fingerprint density at radius 2 is 1.88 bits per heavy atom. The van der Waals surface area contributed by atoms with Crippen LogP contribution in [0.3, 0.4) is 0 Å². The maximum atomic E-state index is 6.04. The fourth-order valence-electron chi connectivity index (χ4n) is 2.22. The van der Waals surface area contributed by atoms with E-state index in [9.17, 15) is 0 Å². The highest BCUT2D eigenvalue weighted by Crippen LogP contribution is 2.26. The number of benzene rings is 1. The average molecular weight is 237 g/mol. The molecular formula is C12H19N3O2. The number of ether oxygens (including phenoxy) is 2. The molecule has 1 aromatic rings. The number of hydrogen-bond acceptors (Lipinski definition) is 5. The van der Waals surface area contributed by atoms with Crippen molar-refractivity contribution in [2.75, 3.05) is 20.8 Å². The zero-order chi connectivity index (χ0) is 12.3. The lowest BCUT2D eigenvalue weighted by atomic mass is 9.91. The molecular weight excluding hydrogens is 218 g/mol. The molecule has 1 saturated heterocycles. The Morgan fingerprint density at radius 3 is 2.47 bits per heavy atom. The van der Waals surface area contributed by atoms with Crippen molar-refractivity contribution in [1.82, 2.24) is 10.9 Å². The van der Waals surface area contributed by atoms with Gasteiger partial charge in [0.05, 0.1) is 25.9 Å². The minimum absolute atomic E-state index is 0.108. The van der Waals surface area contributed by atoms with Gasteiger partial charge in [-0.1, -0.05) is 12.1 Å². The highest BCUT2D eigenvalue weighted by atomic mass is 16.5. The van der Waals surface area contributed by atoms with Crippen molar-refractivity contribution >= 4 is 0 Å². The molecule has 1 aromatic carbocycles. The van der Waals surface area contributed by atoms with Crippen molar-refractivity contribution in [1.29, 1.82) is 0 Å². The summed E-state index contributed by atoms with van der Waals surface area (Å²) in [4.78, 5) is 0. The summed E-state index contributed by atoms with van der Waals surface area (Å²) in [6.45, 7) is 0.622. The molecule has 5 heteroatoms. The topological polar surface area (TPSA) is 68.5 Å². The van der Waals surface area contributed by atoms with Crippen molar-refractivity contribution in [2.24, 2.45) is 5.73 Å². The molecule has 3 atom stereocenters. The second kappa shape index (κ2) is 5.46. The standard InChI is InChI=1S/C12H19N3O2/c1-16-7-10-11(12(13)15-14-10)8-3-5-9(17-2)6-4-8/h3-6,10-12,14-15H,7,13H2,1-2H3. The van der Waals surface area contributed by atoms with E-state index in [0.717, 1.165) is 5.75 Å². The van der Waals surface area contributed by atoms with Crippen LogP contribution in [0.4, 0.5) is 0 Å². The number of rotatable bonds is 4. The van der Waals surface area contributed by atoms with Crippen molar-refractivity contribution in [3.05, 3.63) is 29.8 Å². The lowest BCUT2D eigenvalue weighted by Gasteiger charge is -2.20. The SMILES string of the molecule is COCC1NNC(N)C1c1ccc(OC)cc1. The van der Waals surface area contributed by atoms with Crippen LogP contribution in [0.25, 0.3) is 0 Å². The van der Waals surface area contributed by atoms with Crippen LogP contribution in [0.1, 0.15) is 11.5 Å². The number of hydrazine groups is 1. The van der Waals surface area contributed by atoms with E-state index in [4.69, 9.17) is 15.2 Å². The molecule has 5 nitrogen and oxygen atoms in total. The maximum Gasteiger partial charge on any atom is 0.118 e. The monoisotopic (exact) mass is 237 g/mol. The predicted molar refractivity (Wildman–Crippen MR) is 65.6 cm³/mol. The fourth-order valence-corrected chi connectivity index (χ4v) is 2.22. The van der Waals surface area contributed by atoms with Crippen LogP contribution >= 0.6 is 0 Å². The molecule has 4 N–H and O–H groups in total. The molecule has 1 aliphatic rings. The van der Waals surface area contributed by atoms with E-state index >= 15 is 0 Å². The van der Waals surface area contributed by atoms with Crippen molar-refractivity contribution in [3.63, 3.8) is 0 Å². The second-order valence-electron chi connectivity index (χ2n) is 4.18. The van der Waals surface area contributed by atoms with Crippen molar-refractivity contribution < 1.29 is 9.47 Å². The maximum absolute atomic E-state index is 6.04. The van der Waals surface area contributed by atoms with Crippen LogP contribution in [0.15, 0.2) is 24.3 Å². The minimum atomic E-state index is -0.108. The van der Waals surface area contributed by atoms with Crippen LogP contribution in [-0.2, 0) is 4.74 Å². The molecule has 0 aliphatic carbocycles. The van der Waals surface area contributed by atoms with E-state index < -0.39 is 0 Å². The molecule has 1 aliphatic heterocycles. The van der Waals surface area contributed by atoms with Gasteiger partial charge >= 0.3 is 0 Å². The molecule has 0 radical (unpaired) electrons. The van der Waals surface area contributed by atoms with Gasteiger partial charge in [-0.15, -0.1) is 0 Å². The van der Waals surface area contributed by atoms with Gasteiger partial charge in [-0.05, 0) is 17.7 Å². The van der Waals surface area contributed by atoms with Gasteiger partial charge in [0, 0.05) is 13.0 Å². The second-order valence-corrected chi connectivity index (χ2v) is 4.18. The van der Waals surface area contributed by atoms with Gasteiger partial charge in [-0.3, -0.25) is 5.43 Å². The summed E-state index contributed by atoms with van der Waals surface area (Å²) in [6, 6.07) is 8.17. The zero-order valence-corrected chi connectivity index (χ0v) is 10.1. The number of nitrogens with two attached hydrogens (primary N) is 1. The lowest BCUT2D eigenvalue weighted by molar-refractivity contribution is 0.165. The predicted octanol–water partition coefficient (Wildman–Crippen LogP) is 0.186. The highest BCUT2D eigenvalue weighted by molar-refractivity contribution is 5.31. The Kier molecular flexibility index (Phi) is 3.96. The van der Waals surface area contributed by atoms with E-state index in [1.165, 1.54) is 5.56 Å². The number of methoxy groups -OCH3 is 2. The van der Waals surface area contributed by atoms with Gasteiger partial charge in [0.1, 0.15) is 5.75 Å². The van der Waals surface area contributed by atoms with Crippen molar-refractivity contribution in [3.8, 4) is 5.75 Å². The smallest absolute Gasteiger partial charge is 0.118 e. The van der Waals surface area contributed by atoms with E-state index in [2.05, 4.69) is 10.9 Å². The zero-order valence-electron chi connectivity index (χ0n) is 10.1. The average Bonchev–Trinajstić information content (AvgIpc) is 2.71. The summed E-state index contributed by atoms with van der Waals surface area (Å²) in [5, 5.41) is 0. The van der Waals surface area contributed by atoms with Gasteiger partial charge in [0.25, 0.3) is 0 Å². The van der Waals surface area contributed by atoms with Crippen LogP contribution < -0.4 is 21.3 Å². The Balaban J connectivity index is 2.17. The molecule has 17 heavy (non-hydrogen) atoms. The van der Waals surface area contributed by atoms with Crippen LogP contribution in [0, 0.1) is 0 Å². The first-order valence-corrected chi connectivity index (χ1v) is 5.65. The number of hydrogen-bond donors (Lipinski definition) is 3. The van der Waals surface area contributed by atoms with E-state index in [-0.39, 0.29) is 18.1 Å². The Bertz CT molecular complexity index is 353. The third kappa shape index (κ3) is 2.58. The van der Waals surface area contributed by atoms with Crippen LogP contribution in [0.2, 0.25) is 0 Å². The number of nitrogens with one attached hydrogen (secondary N) is 2. The highest BCUT2D eigenvalue weighted by Gasteiger charge is 2.34. The first-order chi connectivity index (χ1) is 8.26. The van der Waals surface area contributed by atoms with Crippen molar-refractivity contribution in [2.45, 2.75) is 18.1 Å². The summed E-state index contributed by atoms with van der Waals surface area (Å²) < 4.78 is 10.3. The van der Waals surface area contributed by atoms with E-state index in [1.807, 2.05) is 24.3 Å². The Labute approximate surface area is 101 Å². The first-order valence-electron chi connectivity index (χ1n) is 5.65. The molecule has 0 bridgehead atoms. The van der Waals surface area contributed by atoms with Gasteiger partial charge < -0.3 is 15.2 Å². The lowest BCUT2D eigenvalue weighted by Crippen LogP contribution is -2.38. The minimum Gasteiger partial charge on any atom is -0.497 e. The van der Waals surface area contributed by atoms with Gasteiger partial charge in [-0.25, -0.2) is 5.43 Å². The van der Waals surface area contributed by atoms with E-state index in [0.29, 0.717) is 6.61 Å². The summed E-state index contributed by atoms with van der Waals surface area (Å²) in [5.74, 6) is 1.05. The van der Waals surface area contributed by atoms with Gasteiger partial charge in [-0.2, -0.15) is 0 Å². The summed E-state index contributed by atoms with van der Waals surface area (Å²) >= 11 is 0.